The van der Waals surface area contributed by atoms with E-state index < -0.39 is 5.41 Å². The Kier molecular flexibility index (Phi) is 6.93. The van der Waals surface area contributed by atoms with Crippen LogP contribution in [0.2, 0.25) is 0 Å². The molecule has 0 heterocycles. The first kappa shape index (κ1) is 20.2. The van der Waals surface area contributed by atoms with E-state index in [1.807, 2.05) is 48.5 Å². The van der Waals surface area contributed by atoms with Gasteiger partial charge < -0.3 is 19.5 Å². The predicted octanol–water partition coefficient (Wildman–Crippen LogP) is 4.56. The van der Waals surface area contributed by atoms with E-state index in [-0.39, 0.29) is 5.91 Å². The molecule has 0 unspecified atom stereocenters. The van der Waals surface area contributed by atoms with Crippen molar-refractivity contribution in [2.45, 2.75) is 37.5 Å². The maximum Gasteiger partial charge on any atom is 0.235 e. The Morgan fingerprint density at radius 1 is 0.893 bits per heavy atom. The molecule has 0 aliphatic heterocycles. The van der Waals surface area contributed by atoms with Crippen molar-refractivity contribution in [1.82, 2.24) is 0 Å². The zero-order valence-electron chi connectivity index (χ0n) is 16.7. The lowest BCUT2D eigenvalue weighted by Crippen LogP contribution is -2.42. The zero-order chi connectivity index (χ0) is 19.8. The summed E-state index contributed by atoms with van der Waals surface area (Å²) in [5.41, 5.74) is 1.35. The number of carbonyl (C=O) groups is 1. The third kappa shape index (κ3) is 4.65. The number of ether oxygens (including phenoxy) is 3. The first-order valence-electron chi connectivity index (χ1n) is 9.86. The molecular weight excluding hydrogens is 354 g/mol. The molecule has 1 fully saturated rings. The van der Waals surface area contributed by atoms with Crippen molar-refractivity contribution in [1.29, 1.82) is 0 Å². The molecule has 0 spiro atoms. The largest absolute Gasteiger partial charge is 0.497 e. The summed E-state index contributed by atoms with van der Waals surface area (Å²) in [6, 6.07) is 15.4. The zero-order valence-corrected chi connectivity index (χ0v) is 16.7. The predicted molar refractivity (Wildman–Crippen MR) is 110 cm³/mol. The quantitative estimate of drug-likeness (QED) is 0.679. The molecule has 28 heavy (non-hydrogen) atoms. The van der Waals surface area contributed by atoms with Gasteiger partial charge >= 0.3 is 0 Å². The Bertz CT molecular complexity index is 749. The first-order chi connectivity index (χ1) is 13.7. The third-order valence-electron chi connectivity index (χ3n) is 5.45. The van der Waals surface area contributed by atoms with Gasteiger partial charge in [-0.3, -0.25) is 4.79 Å². The SMILES string of the molecule is COCCOc1ccc(NC(=O)C2(c3ccc(OC)cc3)CCCCC2)cc1. The van der Waals surface area contributed by atoms with E-state index in [9.17, 15) is 4.79 Å². The molecule has 150 valence electrons. The molecule has 0 bridgehead atoms. The Morgan fingerprint density at radius 2 is 1.54 bits per heavy atom. The summed E-state index contributed by atoms with van der Waals surface area (Å²) in [5, 5.41) is 3.12. The molecule has 1 saturated carbocycles. The molecule has 0 saturated heterocycles. The van der Waals surface area contributed by atoms with Gasteiger partial charge in [0, 0.05) is 12.8 Å². The third-order valence-corrected chi connectivity index (χ3v) is 5.45. The van der Waals surface area contributed by atoms with Crippen LogP contribution >= 0.6 is 0 Å². The summed E-state index contributed by atoms with van der Waals surface area (Å²) >= 11 is 0. The average Bonchev–Trinajstić information content (AvgIpc) is 2.75. The van der Waals surface area contributed by atoms with Crippen LogP contribution in [0.25, 0.3) is 0 Å². The molecule has 0 atom stereocenters. The highest BCUT2D eigenvalue weighted by molar-refractivity contribution is 5.99. The molecule has 1 aliphatic carbocycles. The fraction of sp³-hybridized carbons (Fsp3) is 0.435. The Morgan fingerprint density at radius 3 is 2.14 bits per heavy atom. The van der Waals surface area contributed by atoms with Crippen molar-refractivity contribution in [3.8, 4) is 11.5 Å². The molecule has 3 rings (SSSR count). The van der Waals surface area contributed by atoms with Crippen molar-refractivity contribution in [3.05, 3.63) is 54.1 Å². The van der Waals surface area contributed by atoms with Crippen molar-refractivity contribution in [2.24, 2.45) is 0 Å². The molecule has 1 N–H and O–H groups in total. The lowest BCUT2D eigenvalue weighted by atomic mass is 9.68. The van der Waals surface area contributed by atoms with Crippen LogP contribution in [0, 0.1) is 0 Å². The Labute approximate surface area is 167 Å². The van der Waals surface area contributed by atoms with Gasteiger partial charge in [-0.05, 0) is 54.8 Å². The molecule has 0 aromatic heterocycles. The van der Waals surface area contributed by atoms with Crippen molar-refractivity contribution in [3.63, 3.8) is 0 Å². The minimum atomic E-state index is -0.488. The standard InChI is InChI=1S/C23H29NO4/c1-26-16-17-28-21-12-8-19(9-13-21)24-22(25)23(14-4-3-5-15-23)18-6-10-20(27-2)11-7-18/h6-13H,3-5,14-17H2,1-2H3,(H,24,25). The number of hydrogen-bond acceptors (Lipinski definition) is 4. The Balaban J connectivity index is 1.74. The second kappa shape index (κ2) is 9.60. The summed E-state index contributed by atoms with van der Waals surface area (Å²) < 4.78 is 15.8. The minimum absolute atomic E-state index is 0.0606. The fourth-order valence-electron chi connectivity index (χ4n) is 3.84. The van der Waals surface area contributed by atoms with Crippen LogP contribution in [-0.4, -0.2) is 33.3 Å². The minimum Gasteiger partial charge on any atom is -0.497 e. The molecule has 5 heteroatoms. The van der Waals surface area contributed by atoms with Gasteiger partial charge in [-0.1, -0.05) is 31.4 Å². The molecule has 2 aromatic rings. The summed E-state index contributed by atoms with van der Waals surface area (Å²) in [6.45, 7) is 1.05. The van der Waals surface area contributed by atoms with E-state index in [2.05, 4.69) is 5.32 Å². The number of carbonyl (C=O) groups excluding carboxylic acids is 1. The topological polar surface area (TPSA) is 56.8 Å². The number of anilines is 1. The maximum atomic E-state index is 13.4. The van der Waals surface area contributed by atoms with E-state index in [4.69, 9.17) is 14.2 Å². The number of benzene rings is 2. The van der Waals surface area contributed by atoms with Gasteiger partial charge in [0.05, 0.1) is 19.1 Å². The van der Waals surface area contributed by atoms with Gasteiger partial charge in [-0.15, -0.1) is 0 Å². The van der Waals surface area contributed by atoms with E-state index in [1.165, 1.54) is 6.42 Å². The van der Waals surface area contributed by atoms with Gasteiger partial charge in [0.1, 0.15) is 18.1 Å². The second-order valence-corrected chi connectivity index (χ2v) is 7.19. The van der Waals surface area contributed by atoms with Gasteiger partial charge in [-0.2, -0.15) is 0 Å². The second-order valence-electron chi connectivity index (χ2n) is 7.19. The van der Waals surface area contributed by atoms with E-state index >= 15 is 0 Å². The first-order valence-corrected chi connectivity index (χ1v) is 9.86. The van der Waals surface area contributed by atoms with Crippen molar-refractivity contribution >= 4 is 11.6 Å². The molecule has 1 amide bonds. The number of nitrogens with one attached hydrogen (secondary N) is 1. The molecular formula is C23H29NO4. The summed E-state index contributed by atoms with van der Waals surface area (Å²) in [6.07, 6.45) is 5.03. The van der Waals surface area contributed by atoms with Gasteiger partial charge in [0.25, 0.3) is 0 Å². The van der Waals surface area contributed by atoms with Gasteiger partial charge in [0.2, 0.25) is 5.91 Å². The fourth-order valence-corrected chi connectivity index (χ4v) is 3.84. The van der Waals surface area contributed by atoms with E-state index in [0.717, 1.165) is 48.4 Å². The van der Waals surface area contributed by atoms with Crippen LogP contribution in [0.4, 0.5) is 5.69 Å². The van der Waals surface area contributed by atoms with E-state index in [1.54, 1.807) is 14.2 Å². The lowest BCUT2D eigenvalue weighted by Gasteiger charge is -2.36. The Hall–Kier alpha value is -2.53. The van der Waals surface area contributed by atoms with Crippen molar-refractivity contribution in [2.75, 3.05) is 32.8 Å². The molecule has 2 aromatic carbocycles. The molecule has 0 radical (unpaired) electrons. The monoisotopic (exact) mass is 383 g/mol. The smallest absolute Gasteiger partial charge is 0.235 e. The van der Waals surface area contributed by atoms with Crippen LogP contribution in [0.5, 0.6) is 11.5 Å². The highest BCUT2D eigenvalue weighted by atomic mass is 16.5. The van der Waals surface area contributed by atoms with Gasteiger partial charge in [-0.25, -0.2) is 0 Å². The number of methoxy groups -OCH3 is 2. The van der Waals surface area contributed by atoms with E-state index in [0.29, 0.717) is 13.2 Å². The van der Waals surface area contributed by atoms with Crippen molar-refractivity contribution < 1.29 is 19.0 Å². The highest BCUT2D eigenvalue weighted by Gasteiger charge is 2.41. The van der Waals surface area contributed by atoms with Crippen LogP contribution in [0.3, 0.4) is 0 Å². The van der Waals surface area contributed by atoms with Crippen LogP contribution in [0.15, 0.2) is 48.5 Å². The normalized spacial score (nSPS) is 15.6. The lowest BCUT2D eigenvalue weighted by molar-refractivity contribution is -0.122. The number of amides is 1. The number of hydrogen-bond donors (Lipinski definition) is 1. The van der Waals surface area contributed by atoms with Crippen LogP contribution in [0.1, 0.15) is 37.7 Å². The number of rotatable bonds is 8. The van der Waals surface area contributed by atoms with Gasteiger partial charge in [0.15, 0.2) is 0 Å². The maximum absolute atomic E-state index is 13.4. The highest BCUT2D eigenvalue weighted by Crippen LogP contribution is 2.41. The summed E-state index contributed by atoms with van der Waals surface area (Å²) in [7, 11) is 3.30. The summed E-state index contributed by atoms with van der Waals surface area (Å²) in [5.74, 6) is 1.63. The van der Waals surface area contributed by atoms with Crippen LogP contribution < -0.4 is 14.8 Å². The molecule has 1 aliphatic rings. The van der Waals surface area contributed by atoms with Crippen LogP contribution in [-0.2, 0) is 14.9 Å². The summed E-state index contributed by atoms with van der Waals surface area (Å²) in [4.78, 5) is 13.4. The molecule has 5 nitrogen and oxygen atoms in total. The average molecular weight is 383 g/mol.